The highest BCUT2D eigenvalue weighted by atomic mass is 32.1. The van der Waals surface area contributed by atoms with Crippen LogP contribution in [0.15, 0.2) is 6.20 Å². The average Bonchev–Trinajstić information content (AvgIpc) is 3.25. The predicted octanol–water partition coefficient (Wildman–Crippen LogP) is 1.25. The van der Waals surface area contributed by atoms with Gasteiger partial charge in [-0.1, -0.05) is 11.3 Å². The van der Waals surface area contributed by atoms with Crippen molar-refractivity contribution >= 4 is 21.4 Å². The fourth-order valence-electron chi connectivity index (χ4n) is 3.43. The van der Waals surface area contributed by atoms with E-state index < -0.39 is 0 Å². The third-order valence-corrected chi connectivity index (χ3v) is 5.53. The molecule has 0 unspecified atom stereocenters. The van der Waals surface area contributed by atoms with E-state index in [0.29, 0.717) is 12.0 Å². The maximum absolute atomic E-state index is 5.62. The van der Waals surface area contributed by atoms with E-state index in [9.17, 15) is 0 Å². The second-order valence-corrected chi connectivity index (χ2v) is 7.19. The molecule has 2 aromatic rings. The normalized spacial score (nSPS) is 24.3. The molecule has 7 nitrogen and oxygen atoms in total. The number of aromatic nitrogens is 3. The van der Waals surface area contributed by atoms with Gasteiger partial charge >= 0.3 is 0 Å². The Labute approximate surface area is 139 Å². The van der Waals surface area contributed by atoms with E-state index in [4.69, 9.17) is 9.47 Å². The Morgan fingerprint density at radius 3 is 2.96 bits per heavy atom. The van der Waals surface area contributed by atoms with Gasteiger partial charge in [0, 0.05) is 38.2 Å². The molecule has 2 aromatic heterocycles. The van der Waals surface area contributed by atoms with Crippen LogP contribution in [0.3, 0.4) is 0 Å². The molecule has 0 spiro atoms. The number of ether oxygens (including phenoxy) is 2. The lowest BCUT2D eigenvalue weighted by Crippen LogP contribution is -2.50. The van der Waals surface area contributed by atoms with Crippen LogP contribution in [0, 0.1) is 12.8 Å². The summed E-state index contributed by atoms with van der Waals surface area (Å²) < 4.78 is 13.0. The van der Waals surface area contributed by atoms with Crippen LogP contribution in [0.25, 0.3) is 4.96 Å². The molecule has 8 heteroatoms. The van der Waals surface area contributed by atoms with Gasteiger partial charge < -0.3 is 14.8 Å². The third-order valence-electron chi connectivity index (χ3n) is 4.65. The van der Waals surface area contributed by atoms with E-state index in [-0.39, 0.29) is 0 Å². The lowest BCUT2D eigenvalue weighted by Gasteiger charge is -2.37. The zero-order chi connectivity index (χ0) is 15.6. The fraction of sp³-hybridized carbons (Fsp3) is 0.733. The first-order valence-corrected chi connectivity index (χ1v) is 9.07. The molecule has 2 fully saturated rings. The number of nitrogens with one attached hydrogen (secondary N) is 1. The molecular weight excluding hydrogens is 314 g/mol. The van der Waals surface area contributed by atoms with Crippen LogP contribution in [0.4, 0.5) is 5.13 Å². The minimum absolute atomic E-state index is 0.472. The molecule has 0 bridgehead atoms. The number of nitrogens with zero attached hydrogens (tertiary/aromatic N) is 4. The summed E-state index contributed by atoms with van der Waals surface area (Å²) in [6.07, 6.45) is 3.10. The van der Waals surface area contributed by atoms with E-state index in [1.165, 1.54) is 0 Å². The highest BCUT2D eigenvalue weighted by molar-refractivity contribution is 7.20. The van der Waals surface area contributed by atoms with Gasteiger partial charge in [-0.25, -0.2) is 9.50 Å². The number of rotatable bonds is 5. The van der Waals surface area contributed by atoms with Gasteiger partial charge in [-0.2, -0.15) is 0 Å². The van der Waals surface area contributed by atoms with Crippen molar-refractivity contribution in [3.63, 3.8) is 0 Å². The fourth-order valence-corrected chi connectivity index (χ4v) is 4.27. The average molecular weight is 337 g/mol. The van der Waals surface area contributed by atoms with Gasteiger partial charge in [-0.3, -0.25) is 4.90 Å². The van der Waals surface area contributed by atoms with E-state index in [0.717, 1.165) is 68.3 Å². The molecule has 4 heterocycles. The van der Waals surface area contributed by atoms with Crippen molar-refractivity contribution in [1.29, 1.82) is 0 Å². The summed E-state index contributed by atoms with van der Waals surface area (Å²) in [5.74, 6) is 0.590. The topological polar surface area (TPSA) is 63.9 Å². The summed E-state index contributed by atoms with van der Waals surface area (Å²) in [4.78, 5) is 7.94. The monoisotopic (exact) mass is 337 g/mol. The summed E-state index contributed by atoms with van der Waals surface area (Å²) in [7, 11) is 0. The molecule has 0 radical (unpaired) electrons. The van der Waals surface area contributed by atoms with Crippen molar-refractivity contribution in [2.24, 2.45) is 5.92 Å². The van der Waals surface area contributed by atoms with Gasteiger partial charge in [0.15, 0.2) is 0 Å². The number of anilines is 1. The Morgan fingerprint density at radius 1 is 1.35 bits per heavy atom. The molecule has 126 valence electrons. The zero-order valence-electron chi connectivity index (χ0n) is 13.4. The Kier molecular flexibility index (Phi) is 4.48. The van der Waals surface area contributed by atoms with E-state index in [1.807, 2.05) is 17.6 Å². The summed E-state index contributed by atoms with van der Waals surface area (Å²) in [5, 5.41) is 9.02. The van der Waals surface area contributed by atoms with Crippen molar-refractivity contribution < 1.29 is 9.47 Å². The van der Waals surface area contributed by atoms with Crippen LogP contribution >= 0.6 is 11.3 Å². The number of fused-ring (bicyclic) bond motifs is 1. The summed E-state index contributed by atoms with van der Waals surface area (Å²) in [5.41, 5.74) is 1.00. The minimum atomic E-state index is 0.472. The quantitative estimate of drug-likeness (QED) is 0.886. The first kappa shape index (κ1) is 15.3. The second kappa shape index (κ2) is 6.72. The van der Waals surface area contributed by atoms with Crippen LogP contribution in [0.2, 0.25) is 0 Å². The van der Waals surface area contributed by atoms with Crippen molar-refractivity contribution in [3.05, 3.63) is 11.9 Å². The number of imidazole rings is 1. The van der Waals surface area contributed by atoms with E-state index in [2.05, 4.69) is 20.3 Å². The molecule has 4 rings (SSSR count). The van der Waals surface area contributed by atoms with Crippen LogP contribution < -0.4 is 5.32 Å². The van der Waals surface area contributed by atoms with Gasteiger partial charge in [0.25, 0.3) is 0 Å². The van der Waals surface area contributed by atoms with Gasteiger partial charge in [0.05, 0.1) is 31.7 Å². The largest absolute Gasteiger partial charge is 0.381 e. The van der Waals surface area contributed by atoms with Gasteiger partial charge in [-0.15, -0.1) is 5.10 Å². The minimum Gasteiger partial charge on any atom is -0.381 e. The predicted molar refractivity (Wildman–Crippen MR) is 89.2 cm³/mol. The number of hydrogen-bond donors (Lipinski definition) is 1. The molecule has 0 aliphatic carbocycles. The molecule has 0 aromatic carbocycles. The Balaban J connectivity index is 1.44. The Bertz CT molecular complexity index is 614. The van der Waals surface area contributed by atoms with Crippen LogP contribution in [-0.4, -0.2) is 71.6 Å². The van der Waals surface area contributed by atoms with E-state index in [1.54, 1.807) is 11.3 Å². The zero-order valence-corrected chi connectivity index (χ0v) is 14.2. The molecule has 23 heavy (non-hydrogen) atoms. The maximum Gasteiger partial charge on any atom is 0.214 e. The lowest BCUT2D eigenvalue weighted by atomic mass is 9.97. The lowest BCUT2D eigenvalue weighted by molar-refractivity contribution is 0.00461. The highest BCUT2D eigenvalue weighted by Crippen LogP contribution is 2.24. The number of aryl methyl sites for hydroxylation is 1. The second-order valence-electron chi connectivity index (χ2n) is 6.24. The van der Waals surface area contributed by atoms with Gasteiger partial charge in [0.2, 0.25) is 10.1 Å². The van der Waals surface area contributed by atoms with E-state index >= 15 is 0 Å². The Hall–Kier alpha value is -1.22. The molecular formula is C15H23N5O2S. The van der Waals surface area contributed by atoms with Crippen molar-refractivity contribution in [3.8, 4) is 0 Å². The first-order valence-electron chi connectivity index (χ1n) is 8.26. The standard InChI is InChI=1S/C15H23N5O2S/c1-11-9-20-15(17-11)23-14(18-20)16-8-13(12-2-5-22-10-12)19-3-6-21-7-4-19/h9,12-13H,2-8,10H2,1H3,(H,16,18)/t12-,13+/m0/s1. The van der Waals surface area contributed by atoms with Gasteiger partial charge in [-0.05, 0) is 13.3 Å². The smallest absolute Gasteiger partial charge is 0.214 e. The molecule has 2 atom stereocenters. The first-order chi connectivity index (χ1) is 11.3. The van der Waals surface area contributed by atoms with Gasteiger partial charge in [0.1, 0.15) is 0 Å². The SMILES string of the molecule is Cc1cn2nc(NC[C@H]([C@H]3CCOC3)N3CCOCC3)sc2n1. The van der Waals surface area contributed by atoms with Crippen molar-refractivity contribution in [2.75, 3.05) is 51.4 Å². The molecule has 1 N–H and O–H groups in total. The van der Waals surface area contributed by atoms with Crippen molar-refractivity contribution in [2.45, 2.75) is 19.4 Å². The molecule has 2 aliphatic heterocycles. The van der Waals surface area contributed by atoms with Crippen molar-refractivity contribution in [1.82, 2.24) is 19.5 Å². The molecule has 0 amide bonds. The molecule has 2 saturated heterocycles. The van der Waals surface area contributed by atoms with Crippen LogP contribution in [0.1, 0.15) is 12.1 Å². The Morgan fingerprint density at radius 2 is 2.22 bits per heavy atom. The summed E-state index contributed by atoms with van der Waals surface area (Å²) in [6, 6.07) is 0.472. The molecule has 0 saturated carbocycles. The summed E-state index contributed by atoms with van der Waals surface area (Å²) in [6.45, 7) is 8.29. The maximum atomic E-state index is 5.62. The number of hydrogen-bond acceptors (Lipinski definition) is 7. The number of morpholine rings is 1. The van der Waals surface area contributed by atoms with Crippen LogP contribution in [0.5, 0.6) is 0 Å². The highest BCUT2D eigenvalue weighted by Gasteiger charge is 2.31. The molecule has 2 aliphatic rings. The van der Waals surface area contributed by atoms with Crippen LogP contribution in [-0.2, 0) is 9.47 Å². The summed E-state index contributed by atoms with van der Waals surface area (Å²) >= 11 is 1.60. The third kappa shape index (κ3) is 3.35.